The van der Waals surface area contributed by atoms with E-state index in [1.54, 1.807) is 18.2 Å². The number of pyridine rings is 1. The summed E-state index contributed by atoms with van der Waals surface area (Å²) in [5, 5.41) is 24.3. The highest BCUT2D eigenvalue weighted by Crippen LogP contribution is 2.27. The Labute approximate surface area is 116 Å². The number of rotatable bonds is 3. The second-order valence-electron chi connectivity index (χ2n) is 3.91. The maximum absolute atomic E-state index is 10.9. The number of H-pyrrole nitrogens is 1. The van der Waals surface area contributed by atoms with E-state index in [0.717, 1.165) is 0 Å². The molecule has 0 aliphatic rings. The Kier molecular flexibility index (Phi) is 2.92. The van der Waals surface area contributed by atoms with E-state index < -0.39 is 4.92 Å². The molecule has 0 atom stereocenters. The highest BCUT2D eigenvalue weighted by Gasteiger charge is 2.16. The van der Waals surface area contributed by atoms with Gasteiger partial charge >= 0.3 is 5.69 Å². The molecule has 0 aliphatic carbocycles. The molecule has 0 unspecified atom stereocenters. The molecule has 0 bridgehead atoms. The van der Waals surface area contributed by atoms with E-state index in [9.17, 15) is 10.1 Å². The van der Waals surface area contributed by atoms with E-state index in [-0.39, 0.29) is 16.7 Å². The van der Waals surface area contributed by atoms with Gasteiger partial charge in [0.15, 0.2) is 0 Å². The minimum Gasteiger partial charge on any atom is -0.334 e. The van der Waals surface area contributed by atoms with Crippen LogP contribution in [0.25, 0.3) is 11.0 Å². The molecule has 100 valence electrons. The molecule has 1 aromatic carbocycles. The standard InChI is InChI=1S/C11H7ClN6O2/c12-10-4-3-9(18(19)20)11(14-10)13-6-1-2-7-8(5-6)16-17-15-7/h1-5H,(H,13,14)(H,15,16,17). The van der Waals surface area contributed by atoms with Gasteiger partial charge in [0.1, 0.15) is 16.2 Å². The van der Waals surface area contributed by atoms with Gasteiger partial charge in [-0.2, -0.15) is 15.4 Å². The third kappa shape index (κ3) is 2.24. The Bertz CT molecular complexity index is 802. The lowest BCUT2D eigenvalue weighted by molar-refractivity contribution is -0.384. The van der Waals surface area contributed by atoms with Crippen molar-refractivity contribution in [2.24, 2.45) is 0 Å². The number of nitrogens with zero attached hydrogens (tertiary/aromatic N) is 4. The van der Waals surface area contributed by atoms with Crippen molar-refractivity contribution in [2.45, 2.75) is 0 Å². The lowest BCUT2D eigenvalue weighted by Gasteiger charge is -2.06. The summed E-state index contributed by atoms with van der Waals surface area (Å²) in [6.45, 7) is 0. The molecular weight excluding hydrogens is 284 g/mol. The number of anilines is 2. The van der Waals surface area contributed by atoms with Gasteiger partial charge in [-0.1, -0.05) is 11.6 Å². The molecular formula is C11H7ClN6O2. The second-order valence-corrected chi connectivity index (χ2v) is 4.30. The molecule has 8 nitrogen and oxygen atoms in total. The van der Waals surface area contributed by atoms with Gasteiger partial charge in [-0.15, -0.1) is 0 Å². The largest absolute Gasteiger partial charge is 0.334 e. The van der Waals surface area contributed by atoms with Crippen LogP contribution < -0.4 is 5.32 Å². The van der Waals surface area contributed by atoms with E-state index in [4.69, 9.17) is 11.6 Å². The summed E-state index contributed by atoms with van der Waals surface area (Å²) in [5.41, 5.74) is 1.78. The fourth-order valence-corrected chi connectivity index (χ4v) is 1.87. The van der Waals surface area contributed by atoms with E-state index in [1.165, 1.54) is 12.1 Å². The van der Waals surface area contributed by atoms with Gasteiger partial charge in [-0.25, -0.2) is 4.98 Å². The average Bonchev–Trinajstić information content (AvgIpc) is 2.85. The molecule has 9 heteroatoms. The zero-order valence-electron chi connectivity index (χ0n) is 9.87. The first-order valence-electron chi connectivity index (χ1n) is 5.52. The summed E-state index contributed by atoms with van der Waals surface area (Å²) < 4.78 is 0. The maximum Gasteiger partial charge on any atom is 0.311 e. The van der Waals surface area contributed by atoms with Crippen LogP contribution in [0.4, 0.5) is 17.2 Å². The molecule has 0 aliphatic heterocycles. The molecule has 2 heterocycles. The zero-order valence-corrected chi connectivity index (χ0v) is 10.6. The second kappa shape index (κ2) is 4.74. The first-order chi connectivity index (χ1) is 9.63. The predicted octanol–water partition coefficient (Wildman–Crippen LogP) is 2.66. The Balaban J connectivity index is 2.01. The highest BCUT2D eigenvalue weighted by atomic mass is 35.5. The molecule has 0 spiro atoms. The summed E-state index contributed by atoms with van der Waals surface area (Å²) in [5.74, 6) is 0.0744. The summed E-state index contributed by atoms with van der Waals surface area (Å²) >= 11 is 5.76. The van der Waals surface area contributed by atoms with E-state index in [0.29, 0.717) is 16.7 Å². The van der Waals surface area contributed by atoms with Crippen LogP contribution in [-0.4, -0.2) is 25.3 Å². The first kappa shape index (κ1) is 12.3. The van der Waals surface area contributed by atoms with E-state index >= 15 is 0 Å². The van der Waals surface area contributed by atoms with Crippen molar-refractivity contribution in [1.29, 1.82) is 0 Å². The Morgan fingerprint density at radius 3 is 2.80 bits per heavy atom. The van der Waals surface area contributed by atoms with Gasteiger partial charge in [0.05, 0.1) is 4.92 Å². The zero-order chi connectivity index (χ0) is 14.1. The predicted molar refractivity (Wildman–Crippen MR) is 73.1 cm³/mol. The SMILES string of the molecule is O=[N+]([O-])c1ccc(Cl)nc1Nc1ccc2n[nH]nc2c1. The molecule has 0 saturated carbocycles. The van der Waals surface area contributed by atoms with Crippen molar-refractivity contribution in [3.05, 3.63) is 45.6 Å². The molecule has 0 fully saturated rings. The number of hydrogen-bond donors (Lipinski definition) is 2. The number of aromatic nitrogens is 4. The molecule has 3 aromatic rings. The fraction of sp³-hybridized carbons (Fsp3) is 0. The Morgan fingerprint density at radius 2 is 2.00 bits per heavy atom. The van der Waals surface area contributed by atoms with Crippen molar-refractivity contribution in [3.63, 3.8) is 0 Å². The molecule has 0 amide bonds. The highest BCUT2D eigenvalue weighted by molar-refractivity contribution is 6.29. The lowest BCUT2D eigenvalue weighted by Crippen LogP contribution is -1.99. The molecule has 2 N–H and O–H groups in total. The van der Waals surface area contributed by atoms with E-state index in [1.807, 2.05) is 0 Å². The van der Waals surface area contributed by atoms with Crippen molar-refractivity contribution in [3.8, 4) is 0 Å². The van der Waals surface area contributed by atoms with Crippen molar-refractivity contribution in [2.75, 3.05) is 5.32 Å². The molecule has 0 radical (unpaired) electrons. The maximum atomic E-state index is 10.9. The van der Waals surface area contributed by atoms with Gasteiger partial charge in [-0.05, 0) is 24.3 Å². The van der Waals surface area contributed by atoms with Gasteiger partial charge in [0.25, 0.3) is 0 Å². The van der Waals surface area contributed by atoms with Crippen LogP contribution in [0, 0.1) is 10.1 Å². The number of hydrogen-bond acceptors (Lipinski definition) is 6. The number of fused-ring (bicyclic) bond motifs is 1. The summed E-state index contributed by atoms with van der Waals surface area (Å²) in [4.78, 5) is 14.3. The molecule has 2 aromatic heterocycles. The summed E-state index contributed by atoms with van der Waals surface area (Å²) in [6.07, 6.45) is 0. The number of nitrogens with one attached hydrogen (secondary N) is 2. The fourth-order valence-electron chi connectivity index (χ4n) is 1.72. The normalized spacial score (nSPS) is 10.7. The van der Waals surface area contributed by atoms with Crippen LogP contribution in [0.1, 0.15) is 0 Å². The summed E-state index contributed by atoms with van der Waals surface area (Å²) in [6, 6.07) is 7.82. The van der Waals surface area contributed by atoms with Crippen LogP contribution in [-0.2, 0) is 0 Å². The van der Waals surface area contributed by atoms with Crippen LogP contribution in [0.15, 0.2) is 30.3 Å². The average molecular weight is 291 g/mol. The lowest BCUT2D eigenvalue weighted by atomic mass is 10.2. The number of halogens is 1. The van der Waals surface area contributed by atoms with Gasteiger partial charge in [0, 0.05) is 11.8 Å². The third-order valence-electron chi connectivity index (χ3n) is 2.62. The minimum absolute atomic E-state index is 0.0744. The van der Waals surface area contributed by atoms with E-state index in [2.05, 4.69) is 25.7 Å². The number of nitro groups is 1. The topological polar surface area (TPSA) is 110 Å². The van der Waals surface area contributed by atoms with Crippen LogP contribution in [0.2, 0.25) is 5.15 Å². The molecule has 3 rings (SSSR count). The van der Waals surface area contributed by atoms with Gasteiger partial charge in [-0.3, -0.25) is 10.1 Å². The Morgan fingerprint density at radius 1 is 1.20 bits per heavy atom. The third-order valence-corrected chi connectivity index (χ3v) is 2.83. The van der Waals surface area contributed by atoms with Gasteiger partial charge < -0.3 is 5.32 Å². The van der Waals surface area contributed by atoms with Crippen LogP contribution in [0.5, 0.6) is 0 Å². The van der Waals surface area contributed by atoms with Crippen LogP contribution in [0.3, 0.4) is 0 Å². The molecule has 20 heavy (non-hydrogen) atoms. The van der Waals surface area contributed by atoms with Gasteiger partial charge in [0.2, 0.25) is 5.82 Å². The van der Waals surface area contributed by atoms with Crippen molar-refractivity contribution < 1.29 is 4.92 Å². The quantitative estimate of drug-likeness (QED) is 0.436. The number of benzene rings is 1. The summed E-state index contributed by atoms with van der Waals surface area (Å²) in [7, 11) is 0. The van der Waals surface area contributed by atoms with Crippen LogP contribution >= 0.6 is 11.6 Å². The van der Waals surface area contributed by atoms with Crippen molar-refractivity contribution in [1.82, 2.24) is 20.4 Å². The monoisotopic (exact) mass is 290 g/mol. The number of aromatic amines is 1. The molecule has 0 saturated heterocycles. The minimum atomic E-state index is -0.527. The Hall–Kier alpha value is -2.74. The first-order valence-corrected chi connectivity index (χ1v) is 5.90. The van der Waals surface area contributed by atoms with Crippen molar-refractivity contribution >= 4 is 39.8 Å². The smallest absolute Gasteiger partial charge is 0.311 e.